The number of rotatable bonds is 12. The smallest absolute Gasteiger partial charge is 0.264 e. The molecule has 0 unspecified atom stereocenters. The van der Waals surface area contributed by atoms with Gasteiger partial charge in [0.1, 0.15) is 18.3 Å². The fourth-order valence-electron chi connectivity index (χ4n) is 3.86. The van der Waals surface area contributed by atoms with Gasteiger partial charge in [0.2, 0.25) is 11.8 Å². The molecule has 0 fully saturated rings. The van der Waals surface area contributed by atoms with Gasteiger partial charge in [-0.3, -0.25) is 13.9 Å². The molecule has 0 spiro atoms. The highest BCUT2D eigenvalue weighted by Gasteiger charge is 2.32. The highest BCUT2D eigenvalue weighted by molar-refractivity contribution is 14.1. The number of methoxy groups -OCH3 is 1. The van der Waals surface area contributed by atoms with Crippen LogP contribution in [-0.2, 0) is 26.2 Å². The summed E-state index contributed by atoms with van der Waals surface area (Å²) in [6.07, 6.45) is 0. The van der Waals surface area contributed by atoms with Gasteiger partial charge in [0.05, 0.1) is 17.7 Å². The first-order valence-electron chi connectivity index (χ1n) is 12.6. The van der Waals surface area contributed by atoms with Crippen molar-refractivity contribution in [2.24, 2.45) is 5.92 Å². The lowest BCUT2D eigenvalue weighted by Crippen LogP contribution is -2.51. The molecule has 39 heavy (non-hydrogen) atoms. The van der Waals surface area contributed by atoms with E-state index in [1.807, 2.05) is 19.9 Å². The highest BCUT2D eigenvalue weighted by Crippen LogP contribution is 2.25. The molecule has 0 radical (unpaired) electrons. The molecule has 3 rings (SSSR count). The molecule has 1 atom stereocenters. The number of anilines is 1. The number of nitrogens with zero attached hydrogens (tertiary/aromatic N) is 2. The van der Waals surface area contributed by atoms with Crippen molar-refractivity contribution in [1.82, 2.24) is 10.2 Å². The summed E-state index contributed by atoms with van der Waals surface area (Å²) < 4.78 is 34.9. The van der Waals surface area contributed by atoms with Crippen LogP contribution >= 0.6 is 22.6 Å². The number of ether oxygens (including phenoxy) is 1. The van der Waals surface area contributed by atoms with Crippen molar-refractivity contribution >= 4 is 50.1 Å². The monoisotopic (exact) mass is 663 g/mol. The van der Waals surface area contributed by atoms with Crippen LogP contribution in [0.1, 0.15) is 26.3 Å². The van der Waals surface area contributed by atoms with Crippen molar-refractivity contribution in [2.75, 3.05) is 24.5 Å². The van der Waals surface area contributed by atoms with Crippen molar-refractivity contribution in [3.05, 3.63) is 88.0 Å². The third-order valence-electron chi connectivity index (χ3n) is 6.06. The Balaban J connectivity index is 2.00. The molecule has 3 aromatic rings. The Hall–Kier alpha value is -3.12. The van der Waals surface area contributed by atoms with Crippen LogP contribution in [0.15, 0.2) is 83.8 Å². The number of carbonyl (C=O) groups is 2. The van der Waals surface area contributed by atoms with Gasteiger partial charge in [0, 0.05) is 16.7 Å². The summed E-state index contributed by atoms with van der Waals surface area (Å²) in [5.74, 6) is 0.0230. The third kappa shape index (κ3) is 8.18. The van der Waals surface area contributed by atoms with Crippen molar-refractivity contribution in [2.45, 2.75) is 38.3 Å². The van der Waals surface area contributed by atoms with E-state index in [1.54, 1.807) is 74.7 Å². The first-order chi connectivity index (χ1) is 18.5. The number of sulfonamides is 1. The van der Waals surface area contributed by atoms with Crippen LogP contribution in [0.4, 0.5) is 5.69 Å². The summed E-state index contributed by atoms with van der Waals surface area (Å²) in [5.41, 5.74) is 1.10. The number of amides is 2. The summed E-state index contributed by atoms with van der Waals surface area (Å²) >= 11 is 2.14. The van der Waals surface area contributed by atoms with Crippen LogP contribution in [0.3, 0.4) is 0 Å². The molecule has 0 aliphatic rings. The molecule has 1 N–H and O–H groups in total. The van der Waals surface area contributed by atoms with Crippen molar-refractivity contribution in [1.29, 1.82) is 0 Å². The topological polar surface area (TPSA) is 96.0 Å². The predicted molar refractivity (Wildman–Crippen MR) is 161 cm³/mol. The predicted octanol–water partition coefficient (Wildman–Crippen LogP) is 4.68. The van der Waals surface area contributed by atoms with Gasteiger partial charge in [0.15, 0.2) is 0 Å². The average Bonchev–Trinajstić information content (AvgIpc) is 2.93. The molecule has 0 saturated heterocycles. The summed E-state index contributed by atoms with van der Waals surface area (Å²) in [7, 11) is -2.53. The zero-order chi connectivity index (χ0) is 28.6. The molecule has 0 saturated carbocycles. The first kappa shape index (κ1) is 30.4. The summed E-state index contributed by atoms with van der Waals surface area (Å²) in [6, 6.07) is 21.3. The maximum Gasteiger partial charge on any atom is 0.264 e. The van der Waals surface area contributed by atoms with E-state index in [0.29, 0.717) is 18.0 Å². The van der Waals surface area contributed by atoms with Crippen LogP contribution in [0.2, 0.25) is 0 Å². The highest BCUT2D eigenvalue weighted by atomic mass is 127. The Morgan fingerprint density at radius 1 is 0.949 bits per heavy atom. The number of hydrogen-bond acceptors (Lipinski definition) is 5. The van der Waals surface area contributed by atoms with Crippen molar-refractivity contribution in [3.63, 3.8) is 0 Å². The van der Waals surface area contributed by atoms with Crippen LogP contribution in [0.25, 0.3) is 0 Å². The van der Waals surface area contributed by atoms with Crippen LogP contribution in [0, 0.1) is 9.49 Å². The molecular formula is C29H34IN3O5S. The molecule has 8 nitrogen and oxygen atoms in total. The molecular weight excluding hydrogens is 629 g/mol. The third-order valence-corrected chi connectivity index (χ3v) is 8.57. The first-order valence-corrected chi connectivity index (χ1v) is 15.1. The SMILES string of the molecule is COc1cccc(CN(C(=O)CN(c2ccc(I)cc2)S(=O)(=O)c2ccccc2)[C@H](C)C(=O)NCC(C)C)c1. The molecule has 2 amide bonds. The number of nitrogens with one attached hydrogen (secondary N) is 1. The van der Waals surface area contributed by atoms with Gasteiger partial charge in [0.25, 0.3) is 10.0 Å². The van der Waals surface area contributed by atoms with Crippen molar-refractivity contribution < 1.29 is 22.7 Å². The largest absolute Gasteiger partial charge is 0.497 e. The second kappa shape index (κ2) is 13.8. The molecule has 0 aromatic heterocycles. The summed E-state index contributed by atoms with van der Waals surface area (Å²) in [6.45, 7) is 5.69. The van der Waals surface area contributed by atoms with Crippen LogP contribution in [-0.4, -0.2) is 51.4 Å². The normalized spacial score (nSPS) is 12.1. The maximum absolute atomic E-state index is 13.9. The van der Waals surface area contributed by atoms with Gasteiger partial charge in [-0.25, -0.2) is 8.42 Å². The summed E-state index contributed by atoms with van der Waals surface area (Å²) in [4.78, 5) is 28.5. The standard InChI is InChI=1S/C29H34IN3O5S/c1-21(2)18-31-29(35)22(3)32(19-23-9-8-10-26(17-23)38-4)28(34)20-33(25-15-13-24(30)14-16-25)39(36,37)27-11-6-5-7-12-27/h5-17,21-22H,18-20H2,1-4H3,(H,31,35)/t22-/m1/s1. The van der Waals surface area contributed by atoms with Crippen molar-refractivity contribution in [3.8, 4) is 5.75 Å². The van der Waals surface area contributed by atoms with Gasteiger partial charge in [-0.15, -0.1) is 0 Å². The Labute approximate surface area is 244 Å². The fourth-order valence-corrected chi connectivity index (χ4v) is 5.65. The Bertz CT molecular complexity index is 1370. The fraction of sp³-hybridized carbons (Fsp3) is 0.310. The minimum absolute atomic E-state index is 0.0680. The second-order valence-electron chi connectivity index (χ2n) is 9.49. The Morgan fingerprint density at radius 3 is 2.23 bits per heavy atom. The quantitative estimate of drug-likeness (QED) is 0.284. The molecule has 0 aliphatic carbocycles. The number of hydrogen-bond donors (Lipinski definition) is 1. The van der Waals surface area contributed by atoms with Crippen LogP contribution < -0.4 is 14.4 Å². The molecule has 3 aromatic carbocycles. The summed E-state index contributed by atoms with van der Waals surface area (Å²) in [5, 5.41) is 2.88. The minimum Gasteiger partial charge on any atom is -0.497 e. The lowest BCUT2D eigenvalue weighted by Gasteiger charge is -2.32. The zero-order valence-corrected chi connectivity index (χ0v) is 25.5. The molecule has 0 aliphatic heterocycles. The molecule has 0 bridgehead atoms. The number of benzene rings is 3. The van der Waals surface area contributed by atoms with E-state index in [9.17, 15) is 18.0 Å². The van der Waals surface area contributed by atoms with Gasteiger partial charge in [-0.1, -0.05) is 44.2 Å². The van der Waals surface area contributed by atoms with Crippen LogP contribution in [0.5, 0.6) is 5.75 Å². The minimum atomic E-state index is -4.08. The molecule has 0 heterocycles. The maximum atomic E-state index is 13.9. The zero-order valence-electron chi connectivity index (χ0n) is 22.5. The van der Waals surface area contributed by atoms with E-state index in [0.717, 1.165) is 13.4 Å². The molecule has 208 valence electrons. The van der Waals surface area contributed by atoms with E-state index in [1.165, 1.54) is 17.0 Å². The van der Waals surface area contributed by atoms with Gasteiger partial charge >= 0.3 is 0 Å². The Morgan fingerprint density at radius 2 is 1.62 bits per heavy atom. The Kier molecular flexibility index (Phi) is 10.8. The number of halogens is 1. The second-order valence-corrected chi connectivity index (χ2v) is 12.6. The number of carbonyl (C=O) groups excluding carboxylic acids is 2. The van der Waals surface area contributed by atoms with E-state index >= 15 is 0 Å². The van der Waals surface area contributed by atoms with E-state index in [4.69, 9.17) is 4.74 Å². The van der Waals surface area contributed by atoms with Gasteiger partial charge in [-0.05, 0) is 89.5 Å². The van der Waals surface area contributed by atoms with E-state index < -0.39 is 28.5 Å². The van der Waals surface area contributed by atoms with Gasteiger partial charge in [-0.2, -0.15) is 0 Å². The lowest BCUT2D eigenvalue weighted by atomic mass is 10.1. The lowest BCUT2D eigenvalue weighted by molar-refractivity contribution is -0.139. The van der Waals surface area contributed by atoms with E-state index in [2.05, 4.69) is 27.9 Å². The molecule has 10 heteroatoms. The average molecular weight is 664 g/mol. The van der Waals surface area contributed by atoms with Gasteiger partial charge < -0.3 is 15.0 Å². The van der Waals surface area contributed by atoms with E-state index in [-0.39, 0.29) is 23.3 Å².